The van der Waals surface area contributed by atoms with E-state index in [4.69, 9.17) is 20.3 Å². The Morgan fingerprint density at radius 1 is 1.00 bits per heavy atom. The van der Waals surface area contributed by atoms with Crippen molar-refractivity contribution in [3.05, 3.63) is 71.5 Å². The van der Waals surface area contributed by atoms with Gasteiger partial charge in [0, 0.05) is 16.8 Å². The molecule has 2 aromatic rings. The summed E-state index contributed by atoms with van der Waals surface area (Å²) in [6.07, 6.45) is -0.722. The van der Waals surface area contributed by atoms with Gasteiger partial charge in [0.1, 0.15) is 6.61 Å². The van der Waals surface area contributed by atoms with Gasteiger partial charge in [0.25, 0.3) is 6.29 Å². The number of rotatable bonds is 5. The molecule has 24 heavy (non-hydrogen) atoms. The fourth-order valence-electron chi connectivity index (χ4n) is 2.28. The van der Waals surface area contributed by atoms with Gasteiger partial charge in [-0.15, -0.1) is 0 Å². The van der Waals surface area contributed by atoms with Crippen LogP contribution in [0.2, 0.25) is 0 Å². The number of nitrogen functional groups attached to an aromatic ring is 1. The minimum Gasteiger partial charge on any atom is -0.449 e. The summed E-state index contributed by atoms with van der Waals surface area (Å²) in [5.41, 5.74) is 7.81. The summed E-state index contributed by atoms with van der Waals surface area (Å²) in [5.74, 6) is 0.529. The molecule has 0 bridgehead atoms. The normalized spacial score (nSPS) is 17.5. The first kappa shape index (κ1) is 16.3. The summed E-state index contributed by atoms with van der Waals surface area (Å²) in [5, 5.41) is 4.88. The SMILES string of the molecule is Nc1ccccc1C1=C(COS(N)(=O)=O)OC(c2ccccc2)O1. The van der Waals surface area contributed by atoms with E-state index in [1.165, 1.54) is 0 Å². The van der Waals surface area contributed by atoms with E-state index in [1.54, 1.807) is 24.3 Å². The van der Waals surface area contributed by atoms with Gasteiger partial charge in [0.05, 0.1) is 0 Å². The molecule has 0 fully saturated rings. The molecule has 0 saturated carbocycles. The van der Waals surface area contributed by atoms with Gasteiger partial charge in [-0.25, -0.2) is 9.32 Å². The minimum atomic E-state index is -4.11. The first-order valence-corrected chi connectivity index (χ1v) is 8.54. The van der Waals surface area contributed by atoms with Crippen LogP contribution in [-0.4, -0.2) is 15.0 Å². The zero-order chi connectivity index (χ0) is 17.2. The van der Waals surface area contributed by atoms with Crippen LogP contribution in [0.15, 0.2) is 60.4 Å². The van der Waals surface area contributed by atoms with E-state index in [9.17, 15) is 8.42 Å². The third kappa shape index (κ3) is 3.67. The first-order valence-electron chi connectivity index (χ1n) is 7.07. The van der Waals surface area contributed by atoms with E-state index in [2.05, 4.69) is 4.18 Å². The summed E-state index contributed by atoms with van der Waals surface area (Å²) < 4.78 is 38.3. The molecule has 0 aliphatic carbocycles. The largest absolute Gasteiger partial charge is 0.449 e. The van der Waals surface area contributed by atoms with E-state index in [0.717, 1.165) is 5.56 Å². The Bertz CT molecular complexity index is 865. The lowest BCUT2D eigenvalue weighted by molar-refractivity contribution is -0.0323. The van der Waals surface area contributed by atoms with Gasteiger partial charge >= 0.3 is 10.3 Å². The average molecular weight is 348 g/mol. The van der Waals surface area contributed by atoms with Gasteiger partial charge in [0.2, 0.25) is 0 Å². The molecule has 1 aliphatic heterocycles. The number of nitrogens with two attached hydrogens (primary N) is 2. The second kappa shape index (κ2) is 6.52. The Labute approximate surface area is 139 Å². The van der Waals surface area contributed by atoms with Crippen molar-refractivity contribution in [2.24, 2.45) is 5.14 Å². The van der Waals surface area contributed by atoms with Gasteiger partial charge in [-0.3, -0.25) is 0 Å². The highest BCUT2D eigenvalue weighted by atomic mass is 32.2. The molecule has 0 spiro atoms. The number of para-hydroxylation sites is 1. The van der Waals surface area contributed by atoms with E-state index in [0.29, 0.717) is 17.0 Å². The quantitative estimate of drug-likeness (QED) is 0.798. The second-order valence-electron chi connectivity index (χ2n) is 5.07. The van der Waals surface area contributed by atoms with Gasteiger partial charge in [-0.2, -0.15) is 8.42 Å². The molecule has 126 valence electrons. The van der Waals surface area contributed by atoms with E-state index >= 15 is 0 Å². The molecular formula is C16H16N2O5S. The van der Waals surface area contributed by atoms with Gasteiger partial charge in [-0.05, 0) is 12.1 Å². The molecule has 1 aliphatic rings. The molecule has 0 radical (unpaired) electrons. The predicted octanol–water partition coefficient (Wildman–Crippen LogP) is 1.90. The van der Waals surface area contributed by atoms with E-state index in [-0.39, 0.29) is 12.4 Å². The Morgan fingerprint density at radius 3 is 2.33 bits per heavy atom. The number of ether oxygens (including phenoxy) is 2. The lowest BCUT2D eigenvalue weighted by Gasteiger charge is -2.12. The first-order chi connectivity index (χ1) is 11.4. The number of benzene rings is 2. The molecular weight excluding hydrogens is 332 g/mol. The van der Waals surface area contributed by atoms with Crippen LogP contribution >= 0.6 is 0 Å². The van der Waals surface area contributed by atoms with Crippen molar-refractivity contribution < 1.29 is 22.1 Å². The fourth-order valence-corrected chi connectivity index (χ4v) is 2.55. The van der Waals surface area contributed by atoms with E-state index in [1.807, 2.05) is 30.3 Å². The molecule has 2 aromatic carbocycles. The lowest BCUT2D eigenvalue weighted by atomic mass is 10.1. The molecule has 3 rings (SSSR count). The van der Waals surface area contributed by atoms with Crippen LogP contribution < -0.4 is 10.9 Å². The number of hydrogen-bond donors (Lipinski definition) is 2. The van der Waals surface area contributed by atoms with Crippen molar-refractivity contribution in [2.45, 2.75) is 6.29 Å². The highest BCUT2D eigenvalue weighted by Gasteiger charge is 2.31. The summed E-state index contributed by atoms with van der Waals surface area (Å²) in [7, 11) is -4.11. The zero-order valence-corrected chi connectivity index (χ0v) is 13.4. The summed E-state index contributed by atoms with van der Waals surface area (Å²) in [4.78, 5) is 0. The minimum absolute atomic E-state index is 0.204. The zero-order valence-electron chi connectivity index (χ0n) is 12.6. The highest BCUT2D eigenvalue weighted by Crippen LogP contribution is 2.39. The maximum absolute atomic E-state index is 11.1. The molecule has 8 heteroatoms. The highest BCUT2D eigenvalue weighted by molar-refractivity contribution is 7.84. The standard InChI is InChI=1S/C16H16N2O5S/c17-13-9-5-4-8-12(13)15-14(10-21-24(18,19)20)22-16(23-15)11-6-2-1-3-7-11/h1-9,16H,10,17H2,(H2,18,19,20). The van der Waals surface area contributed by atoms with Gasteiger partial charge < -0.3 is 15.2 Å². The average Bonchev–Trinajstić information content (AvgIpc) is 2.98. The molecule has 1 heterocycles. The Balaban J connectivity index is 1.93. The monoisotopic (exact) mass is 348 g/mol. The lowest BCUT2D eigenvalue weighted by Crippen LogP contribution is -2.17. The van der Waals surface area contributed by atoms with Crippen LogP contribution in [0.3, 0.4) is 0 Å². The molecule has 0 amide bonds. The van der Waals surface area contributed by atoms with Crippen molar-refractivity contribution >= 4 is 21.8 Å². The van der Waals surface area contributed by atoms with Crippen LogP contribution in [0.5, 0.6) is 0 Å². The van der Waals surface area contributed by atoms with Crippen LogP contribution in [-0.2, 0) is 24.0 Å². The van der Waals surface area contributed by atoms with Gasteiger partial charge in [-0.1, -0.05) is 42.5 Å². The van der Waals surface area contributed by atoms with Crippen molar-refractivity contribution in [1.82, 2.24) is 0 Å². The Hall–Kier alpha value is -2.55. The molecule has 0 aromatic heterocycles. The van der Waals surface area contributed by atoms with Crippen molar-refractivity contribution in [3.8, 4) is 0 Å². The molecule has 1 unspecified atom stereocenters. The maximum Gasteiger partial charge on any atom is 0.333 e. The van der Waals surface area contributed by atoms with Crippen LogP contribution in [0.1, 0.15) is 17.4 Å². The predicted molar refractivity (Wildman–Crippen MR) is 88.2 cm³/mol. The topological polar surface area (TPSA) is 114 Å². The Kier molecular flexibility index (Phi) is 4.43. The van der Waals surface area contributed by atoms with Crippen molar-refractivity contribution in [3.63, 3.8) is 0 Å². The van der Waals surface area contributed by atoms with Gasteiger partial charge in [0.15, 0.2) is 11.5 Å². The van der Waals surface area contributed by atoms with Crippen LogP contribution in [0.25, 0.3) is 5.76 Å². The molecule has 1 atom stereocenters. The van der Waals surface area contributed by atoms with Crippen molar-refractivity contribution in [2.75, 3.05) is 12.3 Å². The molecule has 4 N–H and O–H groups in total. The van der Waals surface area contributed by atoms with Crippen molar-refractivity contribution in [1.29, 1.82) is 0 Å². The Morgan fingerprint density at radius 2 is 1.67 bits per heavy atom. The number of anilines is 1. The summed E-state index contributed by atoms with van der Waals surface area (Å²) in [6.45, 7) is -0.383. The summed E-state index contributed by atoms with van der Waals surface area (Å²) >= 11 is 0. The molecule has 7 nitrogen and oxygen atoms in total. The second-order valence-corrected chi connectivity index (χ2v) is 6.29. The smallest absolute Gasteiger partial charge is 0.333 e. The summed E-state index contributed by atoms with van der Waals surface area (Å²) in [6, 6.07) is 16.3. The third-order valence-electron chi connectivity index (χ3n) is 3.36. The third-order valence-corrected chi connectivity index (χ3v) is 3.81. The molecule has 0 saturated heterocycles. The number of hydrogen-bond acceptors (Lipinski definition) is 6. The fraction of sp³-hybridized carbons (Fsp3) is 0.125. The van der Waals surface area contributed by atoms with E-state index < -0.39 is 16.6 Å². The maximum atomic E-state index is 11.1. The van der Waals surface area contributed by atoms with Crippen LogP contribution in [0, 0.1) is 0 Å². The van der Waals surface area contributed by atoms with Crippen LogP contribution in [0.4, 0.5) is 5.69 Å².